The third kappa shape index (κ3) is 5.79. The van der Waals surface area contributed by atoms with E-state index in [2.05, 4.69) is 180 Å². The molecule has 0 aliphatic rings. The van der Waals surface area contributed by atoms with Gasteiger partial charge >= 0.3 is 0 Å². The number of hydrogen-bond donors (Lipinski definition) is 0. The predicted molar refractivity (Wildman–Crippen MR) is 227 cm³/mol. The van der Waals surface area contributed by atoms with E-state index in [1.54, 1.807) is 11.3 Å². The molecule has 10 rings (SSSR count). The van der Waals surface area contributed by atoms with Gasteiger partial charge in [-0.3, -0.25) is 4.98 Å². The van der Waals surface area contributed by atoms with Gasteiger partial charge in [0, 0.05) is 53.5 Å². The molecule has 0 aliphatic heterocycles. The summed E-state index contributed by atoms with van der Waals surface area (Å²) >= 11 is 5.47. The van der Waals surface area contributed by atoms with Gasteiger partial charge in [0.15, 0.2) is 0 Å². The molecule has 6 aromatic carbocycles. The van der Waals surface area contributed by atoms with Crippen LogP contribution in [0.15, 0.2) is 182 Å². The Morgan fingerprint density at radius 2 is 0.712 bits per heavy atom. The molecule has 52 heavy (non-hydrogen) atoms. The number of benzene rings is 6. The van der Waals surface area contributed by atoms with Crippen molar-refractivity contribution >= 4 is 81.3 Å². The Kier molecular flexibility index (Phi) is 7.76. The maximum Gasteiger partial charge on any atom is 0.0532 e. The molecular formula is C47H30N2S3. The molecular weight excluding hydrogens is 689 g/mol. The van der Waals surface area contributed by atoms with Gasteiger partial charge in [0.25, 0.3) is 0 Å². The molecule has 0 radical (unpaired) electrons. The van der Waals surface area contributed by atoms with Gasteiger partial charge in [-0.2, -0.15) is 0 Å². The number of thiophene rings is 3. The van der Waals surface area contributed by atoms with Gasteiger partial charge in [0.1, 0.15) is 0 Å². The highest BCUT2D eigenvalue weighted by atomic mass is 32.1. The summed E-state index contributed by atoms with van der Waals surface area (Å²) in [5.74, 6) is 0. The summed E-state index contributed by atoms with van der Waals surface area (Å²) < 4.78 is 3.84. The molecule has 5 heteroatoms. The molecule has 0 atom stereocenters. The average Bonchev–Trinajstić information content (AvgIpc) is 3.96. The highest BCUT2D eigenvalue weighted by Gasteiger charge is 2.15. The summed E-state index contributed by atoms with van der Waals surface area (Å²) in [6.45, 7) is 0. The highest BCUT2D eigenvalue weighted by molar-refractivity contribution is 7.23. The molecule has 0 N–H and O–H groups in total. The van der Waals surface area contributed by atoms with Gasteiger partial charge in [-0.1, -0.05) is 97.1 Å². The summed E-state index contributed by atoms with van der Waals surface area (Å²) in [6, 6.07) is 62.0. The van der Waals surface area contributed by atoms with E-state index in [4.69, 9.17) is 0 Å². The van der Waals surface area contributed by atoms with E-state index in [-0.39, 0.29) is 0 Å². The Bertz CT molecular complexity index is 2610. The van der Waals surface area contributed by atoms with Crippen LogP contribution in [0.2, 0.25) is 0 Å². The van der Waals surface area contributed by atoms with E-state index in [1.807, 2.05) is 35.1 Å². The first-order valence-corrected chi connectivity index (χ1v) is 19.7. The smallest absolute Gasteiger partial charge is 0.0532 e. The molecule has 2 nitrogen and oxygen atoms in total. The summed E-state index contributed by atoms with van der Waals surface area (Å²) in [5, 5.41) is 3.82. The number of hydrogen-bond acceptors (Lipinski definition) is 5. The van der Waals surface area contributed by atoms with E-state index in [9.17, 15) is 0 Å². The second-order valence-corrected chi connectivity index (χ2v) is 16.1. The number of aromatic nitrogens is 1. The van der Waals surface area contributed by atoms with Crippen LogP contribution in [0.25, 0.3) is 72.7 Å². The quantitative estimate of drug-likeness (QED) is 0.163. The van der Waals surface area contributed by atoms with Crippen molar-refractivity contribution in [3.8, 4) is 42.4 Å². The molecule has 0 saturated heterocycles. The molecule has 0 saturated carbocycles. The van der Waals surface area contributed by atoms with Crippen molar-refractivity contribution in [1.82, 2.24) is 4.98 Å². The van der Waals surface area contributed by atoms with Crippen LogP contribution < -0.4 is 4.90 Å². The fraction of sp³-hybridized carbons (Fsp3) is 0. The maximum absolute atomic E-state index is 4.29. The standard InChI is InChI=1S/C47H30N2S3/c1-3-7-42-36(5-1)27-44(50-42)34-15-21-40(22-16-34)49(41-23-17-35(18-24-41)45-28-37-6-2-4-8-43(37)51-45)39-19-13-32(14-20-39)31-9-11-33(12-10-31)46-29-38-25-26-48-30-47(38)52-46/h1-30H. The van der Waals surface area contributed by atoms with E-state index in [1.165, 1.54) is 72.7 Å². The van der Waals surface area contributed by atoms with Gasteiger partial charge < -0.3 is 4.90 Å². The Morgan fingerprint density at radius 3 is 1.15 bits per heavy atom. The van der Waals surface area contributed by atoms with E-state index in [0.717, 1.165) is 17.1 Å². The van der Waals surface area contributed by atoms with Crippen LogP contribution in [0, 0.1) is 0 Å². The monoisotopic (exact) mass is 718 g/mol. The van der Waals surface area contributed by atoms with E-state index < -0.39 is 0 Å². The molecule has 0 bridgehead atoms. The van der Waals surface area contributed by atoms with Crippen LogP contribution >= 0.6 is 34.0 Å². The fourth-order valence-corrected chi connectivity index (χ4v) is 10.1. The molecule has 0 unspecified atom stereocenters. The van der Waals surface area contributed by atoms with Gasteiger partial charge in [0.05, 0.1) is 4.70 Å². The number of nitrogens with zero attached hydrogens (tertiary/aromatic N) is 2. The van der Waals surface area contributed by atoms with Crippen LogP contribution in [0.1, 0.15) is 0 Å². The van der Waals surface area contributed by atoms with Crippen molar-refractivity contribution in [3.05, 3.63) is 182 Å². The third-order valence-corrected chi connectivity index (χ3v) is 13.1. The van der Waals surface area contributed by atoms with Gasteiger partial charge in [-0.25, -0.2) is 0 Å². The zero-order chi connectivity index (χ0) is 34.4. The molecule has 0 aliphatic carbocycles. The fourth-order valence-electron chi connectivity index (χ4n) is 6.90. The minimum Gasteiger partial charge on any atom is -0.311 e. The molecule has 0 spiro atoms. The van der Waals surface area contributed by atoms with E-state index in [0.29, 0.717) is 0 Å². The summed E-state index contributed by atoms with van der Waals surface area (Å²) in [5.41, 5.74) is 9.44. The Morgan fingerprint density at radius 1 is 0.346 bits per heavy atom. The first-order valence-electron chi connectivity index (χ1n) is 17.2. The zero-order valence-corrected chi connectivity index (χ0v) is 30.4. The topological polar surface area (TPSA) is 16.1 Å². The molecule has 0 amide bonds. The van der Waals surface area contributed by atoms with Crippen LogP contribution in [0.4, 0.5) is 17.1 Å². The van der Waals surface area contributed by atoms with Crippen LogP contribution in [0.5, 0.6) is 0 Å². The van der Waals surface area contributed by atoms with Crippen LogP contribution in [-0.4, -0.2) is 4.98 Å². The lowest BCUT2D eigenvalue weighted by atomic mass is 10.0. The molecule has 4 heterocycles. The minimum atomic E-state index is 1.11. The summed E-state index contributed by atoms with van der Waals surface area (Å²) in [7, 11) is 0. The largest absolute Gasteiger partial charge is 0.311 e. The van der Waals surface area contributed by atoms with Crippen molar-refractivity contribution in [2.45, 2.75) is 0 Å². The van der Waals surface area contributed by atoms with Gasteiger partial charge in [0.2, 0.25) is 0 Å². The average molecular weight is 719 g/mol. The minimum absolute atomic E-state index is 1.11. The third-order valence-electron chi connectivity index (χ3n) is 9.62. The first kappa shape index (κ1) is 30.9. The molecule has 10 aromatic rings. The summed E-state index contributed by atoms with van der Waals surface area (Å²) in [4.78, 5) is 10.5. The SMILES string of the molecule is c1ccc2sc(-c3ccc(N(c4ccc(-c5ccc(-c6cc7ccncc7s6)cc5)cc4)c4ccc(-c5cc6ccccc6s5)cc4)cc3)cc2c1. The Balaban J connectivity index is 0.980. The van der Waals surface area contributed by atoms with Crippen molar-refractivity contribution in [2.75, 3.05) is 4.90 Å². The normalized spacial score (nSPS) is 11.5. The number of pyridine rings is 1. The molecule has 246 valence electrons. The number of rotatable bonds is 7. The highest BCUT2D eigenvalue weighted by Crippen LogP contribution is 2.41. The van der Waals surface area contributed by atoms with Gasteiger partial charge in [-0.15, -0.1) is 34.0 Å². The van der Waals surface area contributed by atoms with Crippen LogP contribution in [-0.2, 0) is 0 Å². The summed E-state index contributed by atoms with van der Waals surface area (Å²) in [6.07, 6.45) is 3.80. The van der Waals surface area contributed by atoms with Crippen molar-refractivity contribution in [3.63, 3.8) is 0 Å². The lowest BCUT2D eigenvalue weighted by molar-refractivity contribution is 1.28. The second kappa shape index (κ2) is 13.0. The Hall–Kier alpha value is -5.85. The second-order valence-electron chi connectivity index (χ2n) is 12.9. The van der Waals surface area contributed by atoms with Crippen molar-refractivity contribution < 1.29 is 0 Å². The molecule has 4 aromatic heterocycles. The predicted octanol–water partition coefficient (Wildman–Crippen LogP) is 14.9. The Labute approximate surface area is 314 Å². The molecule has 0 fully saturated rings. The van der Waals surface area contributed by atoms with Gasteiger partial charge in [-0.05, 0) is 117 Å². The van der Waals surface area contributed by atoms with Crippen molar-refractivity contribution in [2.24, 2.45) is 0 Å². The number of anilines is 3. The zero-order valence-electron chi connectivity index (χ0n) is 27.9. The lowest BCUT2D eigenvalue weighted by Gasteiger charge is -2.26. The number of fused-ring (bicyclic) bond motifs is 3. The van der Waals surface area contributed by atoms with E-state index >= 15 is 0 Å². The van der Waals surface area contributed by atoms with Crippen molar-refractivity contribution in [1.29, 1.82) is 0 Å². The maximum atomic E-state index is 4.29. The van der Waals surface area contributed by atoms with Crippen LogP contribution in [0.3, 0.4) is 0 Å². The lowest BCUT2D eigenvalue weighted by Crippen LogP contribution is -2.09. The first-order chi connectivity index (χ1) is 25.7.